The molecule has 27 heavy (non-hydrogen) atoms. The highest BCUT2D eigenvalue weighted by atomic mass is 35.5. The van der Waals surface area contributed by atoms with Crippen LogP contribution in [-0.4, -0.2) is 16.3 Å². The monoisotopic (exact) mass is 420 g/mol. The van der Waals surface area contributed by atoms with E-state index in [2.05, 4.69) is 0 Å². The van der Waals surface area contributed by atoms with Crippen LogP contribution in [-0.2, 0) is 37.0 Å². The van der Waals surface area contributed by atoms with E-state index in [1.165, 1.54) is 22.2 Å². The molecule has 3 heterocycles. The Balaban J connectivity index is 1.50. The molecule has 1 aliphatic heterocycles. The van der Waals surface area contributed by atoms with Gasteiger partial charge in [-0.3, -0.25) is 9.36 Å². The highest BCUT2D eigenvalue weighted by Crippen LogP contribution is 2.37. The van der Waals surface area contributed by atoms with Crippen LogP contribution in [0.2, 0.25) is 5.02 Å². The molecule has 0 spiro atoms. The van der Waals surface area contributed by atoms with E-state index in [0.29, 0.717) is 22.5 Å². The molecule has 2 aromatic heterocycles. The highest BCUT2D eigenvalue weighted by Gasteiger charge is 2.23. The van der Waals surface area contributed by atoms with Crippen LogP contribution < -0.4 is 10.3 Å². The maximum Gasteiger partial charge on any atom is 0.262 e. The summed E-state index contributed by atoms with van der Waals surface area (Å²) in [6.45, 7) is 0.743. The molecular weight excluding hydrogens is 404 g/mol. The molecular formula is C19H17ClN2O3S2. The van der Waals surface area contributed by atoms with Crippen LogP contribution in [0.3, 0.4) is 0 Å². The lowest BCUT2D eigenvalue weighted by atomic mass is 10.1. The molecule has 140 valence electrons. The standard InChI is InChI=1S/C19H17ClN2O3S2/c1-22-18(23)15-13-3-2-4-14(13)27-17(15)21-19(22)26-8-11-6-12(20)5-10-7-24-9-25-16(10)11/h5-6H,2-4,7-9H2,1H3. The molecule has 0 saturated carbocycles. The van der Waals surface area contributed by atoms with Gasteiger partial charge in [0.25, 0.3) is 5.56 Å². The first-order valence-corrected chi connectivity index (χ1v) is 11.0. The van der Waals surface area contributed by atoms with E-state index in [0.717, 1.165) is 46.4 Å². The number of fused-ring (bicyclic) bond motifs is 4. The number of hydrogen-bond acceptors (Lipinski definition) is 6. The van der Waals surface area contributed by atoms with E-state index >= 15 is 0 Å². The van der Waals surface area contributed by atoms with Crippen molar-refractivity contribution in [1.82, 2.24) is 9.55 Å². The lowest BCUT2D eigenvalue weighted by Crippen LogP contribution is -2.20. The van der Waals surface area contributed by atoms with Crippen LogP contribution in [0.25, 0.3) is 10.2 Å². The summed E-state index contributed by atoms with van der Waals surface area (Å²) in [6, 6.07) is 3.78. The summed E-state index contributed by atoms with van der Waals surface area (Å²) in [5, 5.41) is 2.19. The van der Waals surface area contributed by atoms with E-state index < -0.39 is 0 Å². The third kappa shape index (κ3) is 2.97. The summed E-state index contributed by atoms with van der Waals surface area (Å²) in [4.78, 5) is 19.9. The Hall–Kier alpha value is -1.54. The van der Waals surface area contributed by atoms with Crippen LogP contribution in [0.1, 0.15) is 28.0 Å². The zero-order chi connectivity index (χ0) is 18.5. The Labute approximate surface area is 169 Å². The number of rotatable bonds is 3. The number of thiophene rings is 1. The molecule has 0 bridgehead atoms. The van der Waals surface area contributed by atoms with Gasteiger partial charge in [0, 0.05) is 33.8 Å². The zero-order valence-corrected chi connectivity index (χ0v) is 17.1. The first-order chi connectivity index (χ1) is 13.1. The molecule has 5 nitrogen and oxygen atoms in total. The molecule has 5 rings (SSSR count). The third-order valence-electron chi connectivity index (χ3n) is 5.01. The molecule has 0 atom stereocenters. The first-order valence-electron chi connectivity index (χ1n) is 8.77. The second kappa shape index (κ2) is 6.81. The van der Waals surface area contributed by atoms with Crippen LogP contribution in [0.4, 0.5) is 0 Å². The highest BCUT2D eigenvalue weighted by molar-refractivity contribution is 7.98. The fourth-order valence-electron chi connectivity index (χ4n) is 3.74. The molecule has 3 aromatic rings. The van der Waals surface area contributed by atoms with Gasteiger partial charge in [-0.25, -0.2) is 4.98 Å². The number of hydrogen-bond donors (Lipinski definition) is 0. The van der Waals surface area contributed by atoms with Crippen molar-refractivity contribution in [2.75, 3.05) is 6.79 Å². The van der Waals surface area contributed by atoms with Crippen molar-refractivity contribution in [3.63, 3.8) is 0 Å². The number of aromatic nitrogens is 2. The molecule has 2 aliphatic rings. The number of halogens is 1. The van der Waals surface area contributed by atoms with Gasteiger partial charge in [0.2, 0.25) is 0 Å². The van der Waals surface area contributed by atoms with Gasteiger partial charge in [-0.05, 0) is 37.0 Å². The van der Waals surface area contributed by atoms with Crippen molar-refractivity contribution >= 4 is 44.9 Å². The second-order valence-electron chi connectivity index (χ2n) is 6.75. The summed E-state index contributed by atoms with van der Waals surface area (Å²) in [6.07, 6.45) is 3.20. The van der Waals surface area contributed by atoms with Crippen molar-refractivity contribution in [2.45, 2.75) is 36.8 Å². The summed E-state index contributed by atoms with van der Waals surface area (Å²) in [5.41, 5.74) is 3.22. The fourth-order valence-corrected chi connectivity index (χ4v) is 6.25. The van der Waals surface area contributed by atoms with Gasteiger partial charge in [0.15, 0.2) is 11.9 Å². The Morgan fingerprint density at radius 2 is 2.26 bits per heavy atom. The molecule has 0 unspecified atom stereocenters. The molecule has 1 aliphatic carbocycles. The van der Waals surface area contributed by atoms with Crippen molar-refractivity contribution in [3.8, 4) is 5.75 Å². The SMILES string of the molecule is Cn1c(SCc2cc(Cl)cc3c2OCOC3)nc2sc3c(c2c1=O)CCC3. The van der Waals surface area contributed by atoms with Gasteiger partial charge >= 0.3 is 0 Å². The maximum atomic E-state index is 12.9. The Bertz CT molecular complexity index is 1120. The molecule has 0 fully saturated rings. The van der Waals surface area contributed by atoms with Gasteiger partial charge in [-0.15, -0.1) is 11.3 Å². The van der Waals surface area contributed by atoms with E-state index in [-0.39, 0.29) is 12.4 Å². The Morgan fingerprint density at radius 1 is 1.37 bits per heavy atom. The summed E-state index contributed by atoms with van der Waals surface area (Å²) < 4.78 is 12.7. The number of nitrogens with zero attached hydrogens (tertiary/aromatic N) is 2. The summed E-state index contributed by atoms with van der Waals surface area (Å²) >= 11 is 9.45. The Morgan fingerprint density at radius 3 is 3.15 bits per heavy atom. The van der Waals surface area contributed by atoms with Gasteiger partial charge < -0.3 is 9.47 Å². The van der Waals surface area contributed by atoms with Crippen LogP contribution in [0.5, 0.6) is 5.75 Å². The lowest BCUT2D eigenvalue weighted by molar-refractivity contribution is -0.0168. The smallest absolute Gasteiger partial charge is 0.262 e. The van der Waals surface area contributed by atoms with Gasteiger partial charge in [-0.2, -0.15) is 0 Å². The second-order valence-corrected chi connectivity index (χ2v) is 9.21. The van der Waals surface area contributed by atoms with E-state index in [1.807, 2.05) is 12.1 Å². The summed E-state index contributed by atoms with van der Waals surface area (Å²) in [7, 11) is 1.80. The fraction of sp³-hybridized carbons (Fsp3) is 0.368. The molecule has 0 radical (unpaired) electrons. The van der Waals surface area contributed by atoms with Crippen LogP contribution >= 0.6 is 34.7 Å². The first kappa shape index (κ1) is 17.6. The zero-order valence-electron chi connectivity index (χ0n) is 14.7. The number of thioether (sulfide) groups is 1. The number of benzene rings is 1. The van der Waals surface area contributed by atoms with Crippen LogP contribution in [0, 0.1) is 0 Å². The largest absolute Gasteiger partial charge is 0.467 e. The van der Waals surface area contributed by atoms with Crippen molar-refractivity contribution in [2.24, 2.45) is 7.05 Å². The molecule has 0 saturated heterocycles. The average Bonchev–Trinajstić information content (AvgIpc) is 3.23. The summed E-state index contributed by atoms with van der Waals surface area (Å²) in [5.74, 6) is 1.46. The van der Waals surface area contributed by atoms with E-state index in [1.54, 1.807) is 23.0 Å². The van der Waals surface area contributed by atoms with E-state index in [4.69, 9.17) is 26.1 Å². The number of ether oxygens (including phenoxy) is 2. The normalized spacial score (nSPS) is 15.6. The minimum absolute atomic E-state index is 0.0553. The van der Waals surface area contributed by atoms with Gasteiger partial charge in [-0.1, -0.05) is 23.4 Å². The maximum absolute atomic E-state index is 12.9. The Kier molecular flexibility index (Phi) is 4.43. The molecule has 1 aromatic carbocycles. The number of aryl methyl sites for hydroxylation is 2. The average molecular weight is 421 g/mol. The minimum Gasteiger partial charge on any atom is -0.467 e. The predicted octanol–water partition coefficient (Wildman–Crippen LogP) is 4.30. The quantitative estimate of drug-likeness (QED) is 0.467. The molecule has 0 N–H and O–H groups in total. The van der Waals surface area contributed by atoms with Gasteiger partial charge in [0.05, 0.1) is 12.0 Å². The lowest BCUT2D eigenvalue weighted by Gasteiger charge is -2.21. The van der Waals surface area contributed by atoms with Crippen molar-refractivity contribution < 1.29 is 9.47 Å². The minimum atomic E-state index is 0.0553. The van der Waals surface area contributed by atoms with Crippen LogP contribution in [0.15, 0.2) is 22.1 Å². The molecule has 0 amide bonds. The van der Waals surface area contributed by atoms with E-state index in [9.17, 15) is 4.79 Å². The topological polar surface area (TPSA) is 53.4 Å². The third-order valence-corrected chi connectivity index (χ3v) is 7.50. The van der Waals surface area contributed by atoms with Crippen molar-refractivity contribution in [3.05, 3.63) is 49.1 Å². The predicted molar refractivity (Wildman–Crippen MR) is 108 cm³/mol. The molecule has 8 heteroatoms. The van der Waals surface area contributed by atoms with Crippen molar-refractivity contribution in [1.29, 1.82) is 0 Å². The van der Waals surface area contributed by atoms with Gasteiger partial charge in [0.1, 0.15) is 10.6 Å².